The zero-order valence-electron chi connectivity index (χ0n) is 14.0. The number of nitrogens with one attached hydrogen (secondary N) is 1. The number of ether oxygens (including phenoxy) is 1. The maximum Gasteiger partial charge on any atom is 0.407 e. The fraction of sp³-hybridized carbons (Fsp3) is 0.500. The van der Waals surface area contributed by atoms with E-state index < -0.39 is 12.0 Å². The highest BCUT2D eigenvalue weighted by molar-refractivity contribution is 5.93. The van der Waals surface area contributed by atoms with Gasteiger partial charge in [-0.15, -0.1) is 0 Å². The molecule has 1 aromatic heterocycles. The first-order valence-electron chi connectivity index (χ1n) is 8.09. The van der Waals surface area contributed by atoms with Gasteiger partial charge in [-0.25, -0.2) is 9.78 Å². The van der Waals surface area contributed by atoms with E-state index in [9.17, 15) is 14.7 Å². The van der Waals surface area contributed by atoms with Gasteiger partial charge >= 0.3 is 6.09 Å². The third-order valence-corrected chi connectivity index (χ3v) is 4.01. The standard InChI is InChI=1S/C16H21N5O4/c1-2-25-15-11(8-17)12(18)7-13(20-15)14(22)19-9-10-5-3-4-6-21(10)16(23)24/h7,10H,2-6,9H2,1H3,(H2,18,20)(H,19,22)(H,23,24). The number of nitrogen functional groups attached to an aromatic ring is 1. The van der Waals surface area contributed by atoms with Gasteiger partial charge < -0.3 is 25.8 Å². The Hall–Kier alpha value is -3.02. The molecule has 2 heterocycles. The number of carboxylic acid groups (broad SMARTS) is 1. The number of piperidine rings is 1. The van der Waals surface area contributed by atoms with Gasteiger partial charge in [0.2, 0.25) is 5.88 Å². The quantitative estimate of drug-likeness (QED) is 0.726. The van der Waals surface area contributed by atoms with Crippen molar-refractivity contribution in [2.24, 2.45) is 0 Å². The lowest BCUT2D eigenvalue weighted by Crippen LogP contribution is -2.49. The largest absolute Gasteiger partial charge is 0.477 e. The van der Waals surface area contributed by atoms with Gasteiger partial charge in [-0.1, -0.05) is 0 Å². The summed E-state index contributed by atoms with van der Waals surface area (Å²) in [5, 5.41) is 21.0. The molecule has 1 aliphatic rings. The van der Waals surface area contributed by atoms with Crippen LogP contribution in [0.5, 0.6) is 5.88 Å². The van der Waals surface area contributed by atoms with Crippen molar-refractivity contribution in [3.05, 3.63) is 17.3 Å². The number of hydrogen-bond donors (Lipinski definition) is 3. The molecule has 0 spiro atoms. The molecule has 1 fully saturated rings. The van der Waals surface area contributed by atoms with Crippen molar-refractivity contribution in [1.82, 2.24) is 15.2 Å². The fourth-order valence-corrected chi connectivity index (χ4v) is 2.78. The van der Waals surface area contributed by atoms with E-state index in [2.05, 4.69) is 10.3 Å². The summed E-state index contributed by atoms with van der Waals surface area (Å²) in [7, 11) is 0. The smallest absolute Gasteiger partial charge is 0.407 e. The van der Waals surface area contributed by atoms with Crippen LogP contribution in [0.25, 0.3) is 0 Å². The van der Waals surface area contributed by atoms with E-state index in [4.69, 9.17) is 15.7 Å². The number of nitriles is 1. The molecule has 25 heavy (non-hydrogen) atoms. The zero-order chi connectivity index (χ0) is 18.4. The van der Waals surface area contributed by atoms with Crippen molar-refractivity contribution < 1.29 is 19.4 Å². The third-order valence-electron chi connectivity index (χ3n) is 4.01. The van der Waals surface area contributed by atoms with Crippen LogP contribution in [-0.4, -0.2) is 52.7 Å². The minimum absolute atomic E-state index is 0.0139. The van der Waals surface area contributed by atoms with Gasteiger partial charge in [0.1, 0.15) is 17.3 Å². The predicted octanol–water partition coefficient (Wildman–Crippen LogP) is 1.20. The van der Waals surface area contributed by atoms with Crippen molar-refractivity contribution in [3.8, 4) is 11.9 Å². The summed E-state index contributed by atoms with van der Waals surface area (Å²) in [6.45, 7) is 2.67. The van der Waals surface area contributed by atoms with E-state index in [0.717, 1.165) is 12.8 Å². The maximum atomic E-state index is 12.3. The van der Waals surface area contributed by atoms with Crippen LogP contribution in [0.15, 0.2) is 6.07 Å². The van der Waals surface area contributed by atoms with Gasteiger partial charge in [0.25, 0.3) is 5.91 Å². The molecule has 2 rings (SSSR count). The van der Waals surface area contributed by atoms with Crippen molar-refractivity contribution in [1.29, 1.82) is 5.26 Å². The fourth-order valence-electron chi connectivity index (χ4n) is 2.78. The van der Waals surface area contributed by atoms with E-state index in [-0.39, 0.29) is 42.0 Å². The number of amides is 2. The van der Waals surface area contributed by atoms with Gasteiger partial charge in [-0.05, 0) is 32.3 Å². The summed E-state index contributed by atoms with van der Waals surface area (Å²) in [6.07, 6.45) is 1.45. The number of carbonyl (C=O) groups is 2. The molecular formula is C16H21N5O4. The number of hydrogen-bond acceptors (Lipinski definition) is 6. The molecule has 1 atom stereocenters. The van der Waals surface area contributed by atoms with Gasteiger partial charge in [0.05, 0.1) is 18.3 Å². The van der Waals surface area contributed by atoms with E-state index in [1.807, 2.05) is 6.07 Å². The minimum Gasteiger partial charge on any atom is -0.477 e. The maximum absolute atomic E-state index is 12.3. The average molecular weight is 347 g/mol. The summed E-state index contributed by atoms with van der Waals surface area (Å²) < 4.78 is 5.26. The van der Waals surface area contributed by atoms with Gasteiger partial charge in [-0.2, -0.15) is 5.26 Å². The predicted molar refractivity (Wildman–Crippen MR) is 89.2 cm³/mol. The Kier molecular flexibility index (Phi) is 6.00. The highest BCUT2D eigenvalue weighted by Gasteiger charge is 2.27. The first-order valence-corrected chi connectivity index (χ1v) is 8.09. The van der Waals surface area contributed by atoms with E-state index in [0.29, 0.717) is 13.0 Å². The monoisotopic (exact) mass is 347 g/mol. The second kappa shape index (κ2) is 8.19. The Labute approximate surface area is 145 Å². The summed E-state index contributed by atoms with van der Waals surface area (Å²) >= 11 is 0. The first kappa shape index (κ1) is 18.3. The Morgan fingerprint density at radius 2 is 2.32 bits per heavy atom. The number of nitrogens with two attached hydrogens (primary N) is 1. The Morgan fingerprint density at radius 1 is 1.56 bits per heavy atom. The van der Waals surface area contributed by atoms with Crippen molar-refractivity contribution in [2.45, 2.75) is 32.2 Å². The second-order valence-electron chi connectivity index (χ2n) is 5.66. The molecule has 1 unspecified atom stereocenters. The molecule has 0 saturated carbocycles. The van der Waals surface area contributed by atoms with E-state index in [1.165, 1.54) is 11.0 Å². The number of aromatic nitrogens is 1. The van der Waals surface area contributed by atoms with Crippen LogP contribution in [0.1, 0.15) is 42.2 Å². The number of likely N-dealkylation sites (tertiary alicyclic amines) is 1. The molecule has 1 saturated heterocycles. The van der Waals surface area contributed by atoms with Crippen LogP contribution >= 0.6 is 0 Å². The number of carbonyl (C=O) groups excluding carboxylic acids is 1. The molecule has 0 radical (unpaired) electrons. The molecule has 4 N–H and O–H groups in total. The molecule has 0 aliphatic carbocycles. The molecule has 0 bridgehead atoms. The molecular weight excluding hydrogens is 326 g/mol. The lowest BCUT2D eigenvalue weighted by atomic mass is 10.0. The molecule has 2 amide bonds. The molecule has 9 heteroatoms. The zero-order valence-corrected chi connectivity index (χ0v) is 14.0. The summed E-state index contributed by atoms with van der Waals surface area (Å²) in [5.74, 6) is -0.479. The molecule has 134 valence electrons. The minimum atomic E-state index is -0.988. The third kappa shape index (κ3) is 4.29. The van der Waals surface area contributed by atoms with Crippen LogP contribution < -0.4 is 15.8 Å². The number of rotatable bonds is 5. The van der Waals surface area contributed by atoms with Crippen molar-refractivity contribution in [2.75, 3.05) is 25.4 Å². The average Bonchev–Trinajstić information content (AvgIpc) is 2.59. The molecule has 0 aromatic carbocycles. The van der Waals surface area contributed by atoms with Crippen LogP contribution in [0.3, 0.4) is 0 Å². The molecule has 1 aromatic rings. The highest BCUT2D eigenvalue weighted by atomic mass is 16.5. The Bertz CT molecular complexity index is 701. The number of anilines is 1. The summed E-state index contributed by atoms with van der Waals surface area (Å²) in [5.41, 5.74) is 6.01. The van der Waals surface area contributed by atoms with E-state index in [1.54, 1.807) is 6.92 Å². The normalized spacial score (nSPS) is 16.8. The Morgan fingerprint density at radius 3 is 2.96 bits per heavy atom. The van der Waals surface area contributed by atoms with Gasteiger partial charge in [0.15, 0.2) is 0 Å². The summed E-state index contributed by atoms with van der Waals surface area (Å²) in [4.78, 5) is 29.0. The summed E-state index contributed by atoms with van der Waals surface area (Å²) in [6, 6.07) is 2.95. The second-order valence-corrected chi connectivity index (χ2v) is 5.66. The van der Waals surface area contributed by atoms with Crippen molar-refractivity contribution in [3.63, 3.8) is 0 Å². The topological polar surface area (TPSA) is 142 Å². The van der Waals surface area contributed by atoms with Gasteiger partial charge in [0, 0.05) is 13.1 Å². The van der Waals surface area contributed by atoms with E-state index >= 15 is 0 Å². The van der Waals surface area contributed by atoms with Crippen LogP contribution in [0, 0.1) is 11.3 Å². The lowest BCUT2D eigenvalue weighted by molar-refractivity contribution is 0.0878. The molecule has 1 aliphatic heterocycles. The molecule has 9 nitrogen and oxygen atoms in total. The van der Waals surface area contributed by atoms with Crippen LogP contribution in [0.4, 0.5) is 10.5 Å². The van der Waals surface area contributed by atoms with Crippen molar-refractivity contribution >= 4 is 17.7 Å². The number of nitrogens with zero attached hydrogens (tertiary/aromatic N) is 3. The Balaban J connectivity index is 2.10. The first-order chi connectivity index (χ1) is 12.0. The SMILES string of the molecule is CCOc1nc(C(=O)NCC2CCCCN2C(=O)O)cc(N)c1C#N. The highest BCUT2D eigenvalue weighted by Crippen LogP contribution is 2.23. The van der Waals surface area contributed by atoms with Gasteiger partial charge in [-0.3, -0.25) is 4.79 Å². The van der Waals surface area contributed by atoms with Crippen LogP contribution in [0.2, 0.25) is 0 Å². The van der Waals surface area contributed by atoms with Crippen LogP contribution in [-0.2, 0) is 0 Å². The lowest BCUT2D eigenvalue weighted by Gasteiger charge is -2.33. The number of pyridine rings is 1.